The summed E-state index contributed by atoms with van der Waals surface area (Å²) in [6, 6.07) is 8.20. The molecule has 0 aliphatic rings. The lowest BCUT2D eigenvalue weighted by molar-refractivity contribution is 0.304. The first kappa shape index (κ1) is 23.9. The van der Waals surface area contributed by atoms with E-state index in [1.54, 1.807) is 0 Å². The smallest absolute Gasteiger partial charge is 0.119 e. The van der Waals surface area contributed by atoms with Gasteiger partial charge in [0.1, 0.15) is 5.75 Å². The zero-order chi connectivity index (χ0) is 19.4. The van der Waals surface area contributed by atoms with Gasteiger partial charge in [0.25, 0.3) is 0 Å². The highest BCUT2D eigenvalue weighted by molar-refractivity contribution is 5.45. The van der Waals surface area contributed by atoms with Gasteiger partial charge in [-0.15, -0.1) is 0 Å². The summed E-state index contributed by atoms with van der Waals surface area (Å²) in [7, 11) is 1.94. The summed E-state index contributed by atoms with van der Waals surface area (Å²) in [5, 5.41) is 3.12. The molecule has 2 nitrogen and oxygen atoms in total. The van der Waals surface area contributed by atoms with Crippen LogP contribution in [0.2, 0.25) is 0 Å². The Kier molecular flexibility index (Phi) is 16.1. The van der Waals surface area contributed by atoms with Gasteiger partial charge in [0, 0.05) is 12.7 Å². The molecule has 0 aliphatic carbocycles. The first-order valence-corrected chi connectivity index (χ1v) is 11.8. The van der Waals surface area contributed by atoms with Crippen LogP contribution >= 0.6 is 0 Å². The molecule has 1 aromatic carbocycles. The predicted octanol–water partition coefficient (Wildman–Crippen LogP) is 8.37. The van der Waals surface area contributed by atoms with E-state index in [1.807, 2.05) is 19.2 Å². The molecule has 0 radical (unpaired) electrons. The summed E-state index contributed by atoms with van der Waals surface area (Å²) >= 11 is 0. The van der Waals surface area contributed by atoms with Crippen molar-refractivity contribution in [2.24, 2.45) is 0 Å². The van der Waals surface area contributed by atoms with Crippen molar-refractivity contribution >= 4 is 5.69 Å². The summed E-state index contributed by atoms with van der Waals surface area (Å²) in [5.41, 5.74) is 1.13. The number of anilines is 1. The second-order valence-corrected chi connectivity index (χ2v) is 7.93. The van der Waals surface area contributed by atoms with Gasteiger partial charge in [-0.2, -0.15) is 0 Å². The van der Waals surface area contributed by atoms with Gasteiger partial charge in [-0.25, -0.2) is 0 Å². The van der Waals surface area contributed by atoms with E-state index in [1.165, 1.54) is 103 Å². The monoisotopic (exact) mass is 375 g/mol. The van der Waals surface area contributed by atoms with Crippen molar-refractivity contribution < 1.29 is 4.74 Å². The van der Waals surface area contributed by atoms with Crippen molar-refractivity contribution in [1.29, 1.82) is 0 Å². The topological polar surface area (TPSA) is 21.3 Å². The van der Waals surface area contributed by atoms with Crippen molar-refractivity contribution in [3.05, 3.63) is 24.3 Å². The molecule has 2 heteroatoms. The maximum Gasteiger partial charge on any atom is 0.119 e. The van der Waals surface area contributed by atoms with Crippen LogP contribution in [-0.4, -0.2) is 13.7 Å². The van der Waals surface area contributed by atoms with Crippen molar-refractivity contribution in [2.75, 3.05) is 19.0 Å². The maximum absolute atomic E-state index is 5.80. The fourth-order valence-corrected chi connectivity index (χ4v) is 3.56. The van der Waals surface area contributed by atoms with Crippen molar-refractivity contribution in [1.82, 2.24) is 0 Å². The fraction of sp³-hybridized carbons (Fsp3) is 0.760. The molecule has 0 aromatic heterocycles. The Morgan fingerprint density at radius 3 is 1.41 bits per heavy atom. The third-order valence-corrected chi connectivity index (χ3v) is 5.41. The SMILES string of the molecule is CCCCCCCCCCCCCCCCCCOc1ccc(NC)cc1. The summed E-state index contributed by atoms with van der Waals surface area (Å²) in [6.45, 7) is 3.14. The number of benzene rings is 1. The highest BCUT2D eigenvalue weighted by Gasteiger charge is 1.96. The summed E-state index contributed by atoms with van der Waals surface area (Å²) in [6.07, 6.45) is 22.5. The van der Waals surface area contributed by atoms with Crippen LogP contribution in [-0.2, 0) is 0 Å². The second kappa shape index (κ2) is 18.2. The molecule has 0 saturated heterocycles. The van der Waals surface area contributed by atoms with E-state index in [2.05, 4.69) is 24.4 Å². The van der Waals surface area contributed by atoms with Crippen LogP contribution in [0.15, 0.2) is 24.3 Å². The van der Waals surface area contributed by atoms with E-state index in [0.29, 0.717) is 0 Å². The van der Waals surface area contributed by atoms with Gasteiger partial charge >= 0.3 is 0 Å². The summed E-state index contributed by atoms with van der Waals surface area (Å²) < 4.78 is 5.80. The molecule has 0 unspecified atom stereocenters. The molecule has 0 amide bonds. The minimum Gasteiger partial charge on any atom is -0.494 e. The zero-order valence-corrected chi connectivity index (χ0v) is 18.2. The highest BCUT2D eigenvalue weighted by Crippen LogP contribution is 2.16. The molecule has 27 heavy (non-hydrogen) atoms. The Morgan fingerprint density at radius 1 is 0.593 bits per heavy atom. The average molecular weight is 376 g/mol. The molecule has 156 valence electrons. The number of hydrogen-bond donors (Lipinski definition) is 1. The van der Waals surface area contributed by atoms with Gasteiger partial charge in [-0.05, 0) is 30.7 Å². The van der Waals surface area contributed by atoms with Gasteiger partial charge in [-0.3, -0.25) is 0 Å². The normalized spacial score (nSPS) is 10.9. The second-order valence-electron chi connectivity index (χ2n) is 7.93. The molecule has 0 bridgehead atoms. The lowest BCUT2D eigenvalue weighted by Crippen LogP contribution is -1.97. The molecule has 0 saturated carbocycles. The number of unbranched alkanes of at least 4 members (excludes halogenated alkanes) is 15. The van der Waals surface area contributed by atoms with E-state index in [9.17, 15) is 0 Å². The number of nitrogens with one attached hydrogen (secondary N) is 1. The molecular weight excluding hydrogens is 330 g/mol. The largest absolute Gasteiger partial charge is 0.494 e. The van der Waals surface area contributed by atoms with E-state index in [4.69, 9.17) is 4.74 Å². The Balaban J connectivity index is 1.75. The molecule has 0 aliphatic heterocycles. The summed E-state index contributed by atoms with van der Waals surface area (Å²) in [5.74, 6) is 0.981. The first-order chi connectivity index (χ1) is 13.4. The molecule has 1 aromatic rings. The average Bonchev–Trinajstić information content (AvgIpc) is 2.70. The lowest BCUT2D eigenvalue weighted by Gasteiger charge is -2.07. The standard InChI is InChI=1S/C25H45NO/c1-3-4-5-6-7-8-9-10-11-12-13-14-15-16-17-18-23-27-25-21-19-24(26-2)20-22-25/h19-22,26H,3-18,23H2,1-2H3. The minimum atomic E-state index is 0.845. The van der Waals surface area contributed by atoms with Crippen molar-refractivity contribution in [3.8, 4) is 5.75 Å². The number of hydrogen-bond acceptors (Lipinski definition) is 2. The van der Waals surface area contributed by atoms with Crippen LogP contribution in [0.1, 0.15) is 110 Å². The minimum absolute atomic E-state index is 0.845. The predicted molar refractivity (Wildman–Crippen MR) is 121 cm³/mol. The third kappa shape index (κ3) is 14.5. The van der Waals surface area contributed by atoms with E-state index in [0.717, 1.165) is 18.0 Å². The van der Waals surface area contributed by atoms with Crippen LogP contribution in [0.25, 0.3) is 0 Å². The fourth-order valence-electron chi connectivity index (χ4n) is 3.56. The highest BCUT2D eigenvalue weighted by atomic mass is 16.5. The van der Waals surface area contributed by atoms with Crippen LogP contribution in [0.5, 0.6) is 5.75 Å². The van der Waals surface area contributed by atoms with Gasteiger partial charge < -0.3 is 10.1 Å². The maximum atomic E-state index is 5.80. The van der Waals surface area contributed by atoms with Crippen LogP contribution < -0.4 is 10.1 Å². The molecule has 1 rings (SSSR count). The Hall–Kier alpha value is -1.18. The quantitative estimate of drug-likeness (QED) is 0.245. The molecule has 0 atom stereocenters. The third-order valence-electron chi connectivity index (χ3n) is 5.41. The van der Waals surface area contributed by atoms with E-state index in [-0.39, 0.29) is 0 Å². The zero-order valence-electron chi connectivity index (χ0n) is 18.2. The van der Waals surface area contributed by atoms with E-state index < -0.39 is 0 Å². The van der Waals surface area contributed by atoms with Crippen molar-refractivity contribution in [3.63, 3.8) is 0 Å². The Morgan fingerprint density at radius 2 is 1.00 bits per heavy atom. The number of ether oxygens (including phenoxy) is 1. The molecule has 0 heterocycles. The van der Waals surface area contributed by atoms with Gasteiger partial charge in [0.2, 0.25) is 0 Å². The van der Waals surface area contributed by atoms with Gasteiger partial charge in [0.05, 0.1) is 6.61 Å². The Bertz CT molecular complexity index is 415. The summed E-state index contributed by atoms with van der Waals surface area (Å²) in [4.78, 5) is 0. The lowest BCUT2D eigenvalue weighted by atomic mass is 10.0. The first-order valence-electron chi connectivity index (χ1n) is 11.8. The number of rotatable bonds is 19. The molecular formula is C25H45NO. The Labute approximate surface area is 169 Å². The van der Waals surface area contributed by atoms with E-state index >= 15 is 0 Å². The van der Waals surface area contributed by atoms with Crippen LogP contribution in [0.3, 0.4) is 0 Å². The van der Waals surface area contributed by atoms with Crippen LogP contribution in [0.4, 0.5) is 5.69 Å². The van der Waals surface area contributed by atoms with Gasteiger partial charge in [0.15, 0.2) is 0 Å². The van der Waals surface area contributed by atoms with Crippen molar-refractivity contribution in [2.45, 2.75) is 110 Å². The van der Waals surface area contributed by atoms with Gasteiger partial charge in [-0.1, -0.05) is 103 Å². The molecule has 0 fully saturated rings. The van der Waals surface area contributed by atoms with Crippen LogP contribution in [0, 0.1) is 0 Å². The molecule has 0 spiro atoms. The molecule has 1 N–H and O–H groups in total.